The number of carbonyl (C=O) groups is 2. The number of anilines is 1. The van der Waals surface area contributed by atoms with Crippen LogP contribution < -0.4 is 5.73 Å². The Morgan fingerprint density at radius 3 is 2.33 bits per heavy atom. The Morgan fingerprint density at radius 1 is 1.22 bits per heavy atom. The first-order valence-electron chi connectivity index (χ1n) is 5.30. The van der Waals surface area contributed by atoms with E-state index in [9.17, 15) is 9.59 Å². The number of benzene rings is 1. The number of nitrogens with zero attached hydrogens (tertiary/aromatic N) is 1. The van der Waals surface area contributed by atoms with Crippen molar-refractivity contribution in [1.82, 2.24) is 4.57 Å². The van der Waals surface area contributed by atoms with Crippen LogP contribution in [0, 0.1) is 0 Å². The molecule has 0 spiro atoms. The van der Waals surface area contributed by atoms with Crippen molar-refractivity contribution in [3.05, 3.63) is 53.3 Å². The van der Waals surface area contributed by atoms with Gasteiger partial charge >= 0.3 is 5.97 Å². The van der Waals surface area contributed by atoms with Crippen LogP contribution >= 0.6 is 0 Å². The molecule has 0 amide bonds. The average molecular weight is 244 g/mol. The van der Waals surface area contributed by atoms with Gasteiger partial charge in [0.25, 0.3) is 0 Å². The second-order valence-corrected chi connectivity index (χ2v) is 3.89. The first kappa shape index (κ1) is 11.9. The minimum atomic E-state index is -1.15. The molecule has 92 valence electrons. The van der Waals surface area contributed by atoms with Crippen LogP contribution in [-0.4, -0.2) is 21.4 Å². The van der Waals surface area contributed by atoms with E-state index in [0.29, 0.717) is 5.56 Å². The summed E-state index contributed by atoms with van der Waals surface area (Å²) >= 11 is 0. The molecule has 0 unspecified atom stereocenters. The van der Waals surface area contributed by atoms with Crippen molar-refractivity contribution in [2.24, 2.45) is 7.05 Å². The van der Waals surface area contributed by atoms with Crippen molar-refractivity contribution >= 4 is 17.4 Å². The van der Waals surface area contributed by atoms with Crippen LogP contribution in [0.4, 0.5) is 5.69 Å². The number of nitrogens with two attached hydrogens (primary N) is 1. The molecule has 0 aliphatic carbocycles. The zero-order chi connectivity index (χ0) is 13.3. The van der Waals surface area contributed by atoms with Crippen molar-refractivity contribution in [2.45, 2.75) is 0 Å². The van der Waals surface area contributed by atoms with E-state index < -0.39 is 5.97 Å². The smallest absolute Gasteiger partial charge is 0.354 e. The maximum absolute atomic E-state index is 12.2. The summed E-state index contributed by atoms with van der Waals surface area (Å²) in [6, 6.07) is 10.0. The van der Waals surface area contributed by atoms with Gasteiger partial charge in [-0.3, -0.25) is 4.79 Å². The van der Waals surface area contributed by atoms with Gasteiger partial charge in [0, 0.05) is 12.6 Å². The van der Waals surface area contributed by atoms with Crippen LogP contribution in [0.3, 0.4) is 0 Å². The van der Waals surface area contributed by atoms with Gasteiger partial charge in [-0.2, -0.15) is 0 Å². The minimum absolute atomic E-state index is 0.0747. The quantitative estimate of drug-likeness (QED) is 0.802. The molecule has 0 aliphatic rings. The monoisotopic (exact) mass is 244 g/mol. The maximum Gasteiger partial charge on any atom is 0.354 e. The molecule has 1 heterocycles. The molecule has 0 bridgehead atoms. The molecule has 0 fully saturated rings. The fourth-order valence-corrected chi connectivity index (χ4v) is 1.85. The number of nitrogen functional groups attached to an aromatic ring is 1. The molecule has 0 aliphatic heterocycles. The number of carboxylic acid groups (broad SMARTS) is 1. The molecular formula is C13H12N2O3. The van der Waals surface area contributed by atoms with Crippen LogP contribution in [0.25, 0.3) is 0 Å². The Kier molecular flexibility index (Phi) is 2.89. The molecule has 2 aromatic rings. The van der Waals surface area contributed by atoms with E-state index in [-0.39, 0.29) is 22.9 Å². The summed E-state index contributed by atoms with van der Waals surface area (Å²) < 4.78 is 1.30. The Hall–Kier alpha value is -2.56. The van der Waals surface area contributed by atoms with Crippen molar-refractivity contribution in [2.75, 3.05) is 5.73 Å². The van der Waals surface area contributed by atoms with E-state index in [1.807, 2.05) is 0 Å². The predicted molar refractivity (Wildman–Crippen MR) is 66.7 cm³/mol. The van der Waals surface area contributed by atoms with Gasteiger partial charge < -0.3 is 15.4 Å². The lowest BCUT2D eigenvalue weighted by Crippen LogP contribution is -2.12. The second kappa shape index (κ2) is 4.37. The van der Waals surface area contributed by atoms with Crippen LogP contribution in [-0.2, 0) is 7.05 Å². The predicted octanol–water partition coefficient (Wildman–Crippen LogP) is 1.54. The zero-order valence-electron chi connectivity index (χ0n) is 9.75. The first-order valence-corrected chi connectivity index (χ1v) is 5.30. The molecule has 1 aromatic carbocycles. The molecular weight excluding hydrogens is 232 g/mol. The lowest BCUT2D eigenvalue weighted by molar-refractivity contribution is 0.0687. The highest BCUT2D eigenvalue weighted by molar-refractivity contribution is 6.10. The third kappa shape index (κ3) is 1.86. The van der Waals surface area contributed by atoms with Crippen molar-refractivity contribution in [1.29, 1.82) is 0 Å². The fourth-order valence-electron chi connectivity index (χ4n) is 1.85. The van der Waals surface area contributed by atoms with E-state index in [4.69, 9.17) is 10.8 Å². The van der Waals surface area contributed by atoms with Crippen molar-refractivity contribution < 1.29 is 14.7 Å². The van der Waals surface area contributed by atoms with Gasteiger partial charge in [0.05, 0.1) is 11.4 Å². The number of aromatic carboxylic acids is 1. The molecule has 0 atom stereocenters. The fraction of sp³-hybridized carbons (Fsp3) is 0.0769. The average Bonchev–Trinajstić information content (AvgIpc) is 2.65. The molecule has 1 aromatic heterocycles. The minimum Gasteiger partial charge on any atom is -0.477 e. The maximum atomic E-state index is 12.2. The van der Waals surface area contributed by atoms with Gasteiger partial charge in [-0.25, -0.2) is 4.79 Å². The van der Waals surface area contributed by atoms with E-state index in [1.165, 1.54) is 17.7 Å². The standard InChI is InChI=1S/C13H12N2O3/c1-15-10(7-9(14)11(15)13(17)18)12(16)8-5-3-2-4-6-8/h2-7H,14H2,1H3,(H,17,18). The summed E-state index contributed by atoms with van der Waals surface area (Å²) in [5.74, 6) is -1.40. The SMILES string of the molecule is Cn1c(C(=O)c2ccccc2)cc(N)c1C(=O)O. The van der Waals surface area contributed by atoms with E-state index in [2.05, 4.69) is 0 Å². The van der Waals surface area contributed by atoms with Gasteiger partial charge in [0.1, 0.15) is 0 Å². The van der Waals surface area contributed by atoms with E-state index in [1.54, 1.807) is 30.3 Å². The number of hydrogen-bond acceptors (Lipinski definition) is 3. The zero-order valence-corrected chi connectivity index (χ0v) is 9.75. The van der Waals surface area contributed by atoms with Crippen molar-refractivity contribution in [3.8, 4) is 0 Å². The Morgan fingerprint density at radius 2 is 1.83 bits per heavy atom. The molecule has 0 saturated heterocycles. The first-order chi connectivity index (χ1) is 8.52. The molecule has 5 nitrogen and oxygen atoms in total. The largest absolute Gasteiger partial charge is 0.477 e. The normalized spacial score (nSPS) is 10.3. The summed E-state index contributed by atoms with van der Waals surface area (Å²) in [5, 5.41) is 9.00. The van der Waals surface area contributed by atoms with E-state index in [0.717, 1.165) is 0 Å². The lowest BCUT2D eigenvalue weighted by atomic mass is 10.1. The molecule has 2 rings (SSSR count). The highest BCUT2D eigenvalue weighted by Gasteiger charge is 2.21. The Labute approximate surface area is 103 Å². The third-order valence-electron chi connectivity index (χ3n) is 2.73. The highest BCUT2D eigenvalue weighted by atomic mass is 16.4. The molecule has 0 radical (unpaired) electrons. The van der Waals surface area contributed by atoms with Crippen LogP contribution in [0.2, 0.25) is 0 Å². The molecule has 0 saturated carbocycles. The summed E-state index contributed by atoms with van der Waals surface area (Å²) in [4.78, 5) is 23.2. The van der Waals surface area contributed by atoms with Crippen LogP contribution in [0.15, 0.2) is 36.4 Å². The molecule has 5 heteroatoms. The van der Waals surface area contributed by atoms with Crippen LogP contribution in [0.1, 0.15) is 26.5 Å². The van der Waals surface area contributed by atoms with Gasteiger partial charge in [0.15, 0.2) is 5.69 Å². The third-order valence-corrected chi connectivity index (χ3v) is 2.73. The summed E-state index contributed by atoms with van der Waals surface area (Å²) in [5.41, 5.74) is 6.37. The molecule has 3 N–H and O–H groups in total. The van der Waals surface area contributed by atoms with Crippen LogP contribution in [0.5, 0.6) is 0 Å². The number of aromatic nitrogens is 1. The number of carboxylic acids is 1. The summed E-state index contributed by atoms with van der Waals surface area (Å²) in [6.07, 6.45) is 0. The number of ketones is 1. The Bertz CT molecular complexity index is 615. The van der Waals surface area contributed by atoms with Gasteiger partial charge in [-0.1, -0.05) is 30.3 Å². The topological polar surface area (TPSA) is 85.3 Å². The Balaban J connectivity index is 2.51. The second-order valence-electron chi connectivity index (χ2n) is 3.89. The molecule has 18 heavy (non-hydrogen) atoms. The summed E-state index contributed by atoms with van der Waals surface area (Å²) in [7, 11) is 1.51. The highest BCUT2D eigenvalue weighted by Crippen LogP contribution is 2.19. The summed E-state index contributed by atoms with van der Waals surface area (Å²) in [6.45, 7) is 0. The lowest BCUT2D eigenvalue weighted by Gasteiger charge is -2.04. The van der Waals surface area contributed by atoms with E-state index >= 15 is 0 Å². The van der Waals surface area contributed by atoms with Gasteiger partial charge in [-0.15, -0.1) is 0 Å². The van der Waals surface area contributed by atoms with Gasteiger partial charge in [0.2, 0.25) is 5.78 Å². The van der Waals surface area contributed by atoms with Gasteiger partial charge in [-0.05, 0) is 6.07 Å². The number of hydrogen-bond donors (Lipinski definition) is 2. The number of carbonyl (C=O) groups excluding carboxylic acids is 1. The number of rotatable bonds is 3. The van der Waals surface area contributed by atoms with Crippen molar-refractivity contribution in [3.63, 3.8) is 0 Å².